The summed E-state index contributed by atoms with van der Waals surface area (Å²) in [6.07, 6.45) is 2.94. The highest BCUT2D eigenvalue weighted by molar-refractivity contribution is 5.80. The van der Waals surface area contributed by atoms with Crippen LogP contribution in [0.15, 0.2) is 0 Å². The number of carboxylic acid groups (broad SMARTS) is 1. The van der Waals surface area contributed by atoms with E-state index in [1.165, 1.54) is 6.92 Å². The molecule has 0 bridgehead atoms. The second-order valence-corrected chi connectivity index (χ2v) is 3.79. The van der Waals surface area contributed by atoms with Crippen LogP contribution in [0.1, 0.15) is 40.0 Å². The van der Waals surface area contributed by atoms with Gasteiger partial charge in [0.2, 0.25) is 0 Å². The molecule has 0 saturated heterocycles. The number of hydrogen-bond acceptors (Lipinski definition) is 3. The predicted molar refractivity (Wildman–Crippen MR) is 56.4 cm³/mol. The minimum absolute atomic E-state index is 0.392. The second-order valence-electron chi connectivity index (χ2n) is 3.79. The number of rotatable bonds is 7. The summed E-state index contributed by atoms with van der Waals surface area (Å²) in [6, 6.07) is 0. The Hall–Kier alpha value is -1.06. The average molecular weight is 216 g/mol. The highest BCUT2D eigenvalue weighted by Gasteiger charge is 2.26. The number of ether oxygens (including phenoxy) is 1. The smallest absolute Gasteiger partial charge is 0.309 e. The molecule has 0 aromatic rings. The molecule has 0 radical (unpaired) electrons. The van der Waals surface area contributed by atoms with Crippen LogP contribution >= 0.6 is 0 Å². The first-order chi connectivity index (χ1) is 7.00. The first kappa shape index (κ1) is 13.9. The summed E-state index contributed by atoms with van der Waals surface area (Å²) in [5.41, 5.74) is 0. The van der Waals surface area contributed by atoms with Gasteiger partial charge in [0.05, 0.1) is 18.4 Å². The molecular weight excluding hydrogens is 196 g/mol. The van der Waals surface area contributed by atoms with Crippen LogP contribution < -0.4 is 0 Å². The van der Waals surface area contributed by atoms with Crippen LogP contribution in [0.25, 0.3) is 0 Å². The Morgan fingerprint density at radius 2 is 1.80 bits per heavy atom. The van der Waals surface area contributed by atoms with Crippen LogP contribution in [-0.2, 0) is 14.3 Å². The Morgan fingerprint density at radius 1 is 1.20 bits per heavy atom. The largest absolute Gasteiger partial charge is 0.481 e. The van der Waals surface area contributed by atoms with Crippen LogP contribution in [0.3, 0.4) is 0 Å². The number of carboxylic acids is 1. The summed E-state index contributed by atoms with van der Waals surface area (Å²) in [4.78, 5) is 22.0. The zero-order chi connectivity index (χ0) is 11.8. The first-order valence-corrected chi connectivity index (χ1v) is 5.40. The topological polar surface area (TPSA) is 63.6 Å². The molecule has 0 rings (SSSR count). The van der Waals surface area contributed by atoms with Crippen LogP contribution in [0, 0.1) is 11.8 Å². The van der Waals surface area contributed by atoms with Crippen LogP contribution in [-0.4, -0.2) is 23.7 Å². The molecule has 0 aliphatic rings. The minimum Gasteiger partial charge on any atom is -0.481 e. The maximum atomic E-state index is 11.4. The zero-order valence-corrected chi connectivity index (χ0v) is 9.66. The number of carbonyl (C=O) groups is 2. The van der Waals surface area contributed by atoms with Gasteiger partial charge in [-0.05, 0) is 6.42 Å². The Balaban J connectivity index is 3.84. The maximum absolute atomic E-state index is 11.4. The van der Waals surface area contributed by atoms with E-state index in [9.17, 15) is 9.59 Å². The number of unbranched alkanes of at least 4 members (excludes halogenated alkanes) is 2. The van der Waals surface area contributed by atoms with Crippen molar-refractivity contribution in [2.24, 2.45) is 11.8 Å². The lowest BCUT2D eigenvalue weighted by atomic mass is 9.96. The summed E-state index contributed by atoms with van der Waals surface area (Å²) in [6.45, 7) is 5.56. The third kappa shape index (κ3) is 5.40. The van der Waals surface area contributed by atoms with E-state index in [0.29, 0.717) is 6.61 Å². The average Bonchev–Trinajstić information content (AvgIpc) is 2.21. The van der Waals surface area contributed by atoms with E-state index < -0.39 is 23.8 Å². The number of aliphatic carboxylic acids is 1. The van der Waals surface area contributed by atoms with Gasteiger partial charge in [-0.25, -0.2) is 0 Å². The predicted octanol–water partition coefficient (Wildman–Crippen LogP) is 2.08. The quantitative estimate of drug-likeness (QED) is 0.522. The van der Waals surface area contributed by atoms with Crippen molar-refractivity contribution in [3.8, 4) is 0 Å². The van der Waals surface area contributed by atoms with Crippen LogP contribution in [0.5, 0.6) is 0 Å². The first-order valence-electron chi connectivity index (χ1n) is 5.40. The number of carbonyl (C=O) groups excluding carboxylic acids is 1. The molecule has 0 heterocycles. The van der Waals surface area contributed by atoms with Crippen LogP contribution in [0.2, 0.25) is 0 Å². The minimum atomic E-state index is -0.965. The highest BCUT2D eigenvalue weighted by atomic mass is 16.5. The molecule has 2 unspecified atom stereocenters. The highest BCUT2D eigenvalue weighted by Crippen LogP contribution is 2.13. The van der Waals surface area contributed by atoms with Crippen molar-refractivity contribution in [3.05, 3.63) is 0 Å². The molecule has 0 aliphatic heterocycles. The fraction of sp³-hybridized carbons (Fsp3) is 0.818. The Kier molecular flexibility index (Phi) is 6.75. The Labute approximate surface area is 90.6 Å². The molecule has 4 nitrogen and oxygen atoms in total. The summed E-state index contributed by atoms with van der Waals surface area (Å²) < 4.78 is 4.97. The molecule has 0 aromatic carbocycles. The van der Waals surface area contributed by atoms with Crippen molar-refractivity contribution in [2.45, 2.75) is 40.0 Å². The van der Waals surface area contributed by atoms with Gasteiger partial charge in [-0.1, -0.05) is 33.6 Å². The third-order valence-corrected chi connectivity index (χ3v) is 2.50. The van der Waals surface area contributed by atoms with E-state index in [-0.39, 0.29) is 0 Å². The summed E-state index contributed by atoms with van der Waals surface area (Å²) >= 11 is 0. The Bertz CT molecular complexity index is 213. The van der Waals surface area contributed by atoms with E-state index in [4.69, 9.17) is 9.84 Å². The molecule has 0 fully saturated rings. The molecule has 2 atom stereocenters. The monoisotopic (exact) mass is 216 g/mol. The SMILES string of the molecule is CCCCCOC(=O)C(C)C(C)C(=O)O. The molecular formula is C11H20O4. The standard InChI is InChI=1S/C11H20O4/c1-4-5-6-7-15-11(14)9(3)8(2)10(12)13/h8-9H,4-7H2,1-3H3,(H,12,13). The van der Waals surface area contributed by atoms with Gasteiger partial charge in [0.15, 0.2) is 0 Å². The van der Waals surface area contributed by atoms with Gasteiger partial charge < -0.3 is 9.84 Å². The lowest BCUT2D eigenvalue weighted by Gasteiger charge is -2.14. The molecule has 88 valence electrons. The molecule has 0 aliphatic carbocycles. The second kappa shape index (κ2) is 7.26. The van der Waals surface area contributed by atoms with E-state index >= 15 is 0 Å². The fourth-order valence-corrected chi connectivity index (χ4v) is 1.07. The fourth-order valence-electron chi connectivity index (χ4n) is 1.07. The molecule has 0 saturated carbocycles. The summed E-state index contributed by atoms with van der Waals surface area (Å²) in [7, 11) is 0. The molecule has 15 heavy (non-hydrogen) atoms. The van der Waals surface area contributed by atoms with Crippen molar-refractivity contribution in [1.82, 2.24) is 0 Å². The maximum Gasteiger partial charge on any atom is 0.309 e. The normalized spacial score (nSPS) is 14.3. The lowest BCUT2D eigenvalue weighted by molar-refractivity contribution is -0.156. The van der Waals surface area contributed by atoms with Crippen molar-refractivity contribution in [3.63, 3.8) is 0 Å². The van der Waals surface area contributed by atoms with Gasteiger partial charge >= 0.3 is 11.9 Å². The van der Waals surface area contributed by atoms with E-state index in [0.717, 1.165) is 19.3 Å². The third-order valence-electron chi connectivity index (χ3n) is 2.50. The molecule has 0 aromatic heterocycles. The van der Waals surface area contributed by atoms with Gasteiger partial charge in [0.25, 0.3) is 0 Å². The van der Waals surface area contributed by atoms with Gasteiger partial charge in [-0.15, -0.1) is 0 Å². The van der Waals surface area contributed by atoms with Gasteiger partial charge in [-0.3, -0.25) is 9.59 Å². The van der Waals surface area contributed by atoms with Gasteiger partial charge in [-0.2, -0.15) is 0 Å². The van der Waals surface area contributed by atoms with E-state index in [1.54, 1.807) is 6.92 Å². The number of hydrogen-bond donors (Lipinski definition) is 1. The van der Waals surface area contributed by atoms with Gasteiger partial charge in [0, 0.05) is 0 Å². The summed E-state index contributed by atoms with van der Waals surface area (Å²) in [5.74, 6) is -2.65. The lowest BCUT2D eigenvalue weighted by Crippen LogP contribution is -2.27. The van der Waals surface area contributed by atoms with Crippen molar-refractivity contribution < 1.29 is 19.4 Å². The number of esters is 1. The van der Waals surface area contributed by atoms with Gasteiger partial charge in [0.1, 0.15) is 0 Å². The van der Waals surface area contributed by atoms with Crippen LogP contribution in [0.4, 0.5) is 0 Å². The van der Waals surface area contributed by atoms with Crippen molar-refractivity contribution in [1.29, 1.82) is 0 Å². The van der Waals surface area contributed by atoms with E-state index in [2.05, 4.69) is 6.92 Å². The Morgan fingerprint density at radius 3 is 2.27 bits per heavy atom. The summed E-state index contributed by atoms with van der Waals surface area (Å²) in [5, 5.41) is 8.70. The van der Waals surface area contributed by atoms with Crippen molar-refractivity contribution in [2.75, 3.05) is 6.61 Å². The van der Waals surface area contributed by atoms with Crippen molar-refractivity contribution >= 4 is 11.9 Å². The zero-order valence-electron chi connectivity index (χ0n) is 9.66. The molecule has 4 heteroatoms. The molecule has 0 amide bonds. The molecule has 0 spiro atoms. The van der Waals surface area contributed by atoms with E-state index in [1.807, 2.05) is 0 Å². The molecule has 1 N–H and O–H groups in total.